The van der Waals surface area contributed by atoms with Crippen LogP contribution in [0.2, 0.25) is 5.02 Å². The van der Waals surface area contributed by atoms with E-state index in [0.29, 0.717) is 5.13 Å². The van der Waals surface area contributed by atoms with Crippen molar-refractivity contribution in [3.63, 3.8) is 0 Å². The lowest BCUT2D eigenvalue weighted by molar-refractivity contribution is 1.31. The molecule has 112 valence electrons. The average molecular weight is 441 g/mol. The number of aromatic nitrogens is 1. The highest BCUT2D eigenvalue weighted by molar-refractivity contribution is 14.0. The van der Waals surface area contributed by atoms with Crippen LogP contribution in [0, 0.1) is 6.92 Å². The molecule has 4 rings (SSSR count). The van der Waals surface area contributed by atoms with Crippen molar-refractivity contribution in [2.24, 2.45) is 0 Å². The molecule has 0 unspecified atom stereocenters. The van der Waals surface area contributed by atoms with E-state index in [1.807, 2.05) is 12.1 Å². The highest BCUT2D eigenvalue weighted by Crippen LogP contribution is 2.41. The van der Waals surface area contributed by atoms with Gasteiger partial charge in [-0.15, -0.1) is 35.3 Å². The number of nitrogens with two attached hydrogens (primary N) is 1. The number of hydrogen-bond acceptors (Lipinski definition) is 3. The summed E-state index contributed by atoms with van der Waals surface area (Å²) in [6, 6.07) is 12.7. The molecule has 3 aromatic rings. The first kappa shape index (κ1) is 15.8. The maximum atomic E-state index is 6.17. The minimum absolute atomic E-state index is 0. The van der Waals surface area contributed by atoms with Gasteiger partial charge in [-0.05, 0) is 41.3 Å². The Morgan fingerprint density at radius 3 is 2.73 bits per heavy atom. The molecule has 0 saturated carbocycles. The summed E-state index contributed by atoms with van der Waals surface area (Å²) in [6.07, 6.45) is 0.924. The van der Waals surface area contributed by atoms with E-state index in [9.17, 15) is 0 Å². The van der Waals surface area contributed by atoms with Gasteiger partial charge in [-0.3, -0.25) is 0 Å². The quantitative estimate of drug-likeness (QED) is 0.395. The van der Waals surface area contributed by atoms with Crippen molar-refractivity contribution in [3.8, 4) is 22.4 Å². The normalized spacial score (nSPS) is 11.7. The lowest BCUT2D eigenvalue weighted by atomic mass is 9.99. The largest absolute Gasteiger partial charge is 0.375 e. The van der Waals surface area contributed by atoms with E-state index >= 15 is 0 Å². The molecular formula is C17H14ClIN2S. The zero-order valence-electron chi connectivity index (χ0n) is 11.9. The van der Waals surface area contributed by atoms with Crippen LogP contribution < -0.4 is 5.73 Å². The number of anilines is 1. The third-order valence-corrected chi connectivity index (χ3v) is 4.90. The molecule has 1 aliphatic carbocycles. The van der Waals surface area contributed by atoms with Gasteiger partial charge in [0.25, 0.3) is 0 Å². The van der Waals surface area contributed by atoms with Gasteiger partial charge < -0.3 is 5.73 Å². The van der Waals surface area contributed by atoms with E-state index in [0.717, 1.165) is 22.7 Å². The molecule has 0 spiro atoms. The van der Waals surface area contributed by atoms with E-state index in [2.05, 4.69) is 36.2 Å². The fourth-order valence-electron chi connectivity index (χ4n) is 2.93. The third kappa shape index (κ3) is 2.64. The molecule has 22 heavy (non-hydrogen) atoms. The van der Waals surface area contributed by atoms with Crippen LogP contribution in [-0.4, -0.2) is 4.98 Å². The molecule has 1 heterocycles. The Morgan fingerprint density at radius 2 is 1.95 bits per heavy atom. The monoisotopic (exact) mass is 440 g/mol. The Labute approximate surface area is 155 Å². The predicted octanol–water partition coefficient (Wildman–Crippen LogP) is 5.54. The fraction of sp³-hybridized carbons (Fsp3) is 0.118. The van der Waals surface area contributed by atoms with Gasteiger partial charge in [-0.2, -0.15) is 0 Å². The van der Waals surface area contributed by atoms with Gasteiger partial charge >= 0.3 is 0 Å². The molecule has 1 aliphatic rings. The predicted molar refractivity (Wildman–Crippen MR) is 105 cm³/mol. The van der Waals surface area contributed by atoms with Crippen molar-refractivity contribution in [1.82, 2.24) is 4.98 Å². The lowest BCUT2D eigenvalue weighted by Gasteiger charge is -2.07. The second-order valence-corrected chi connectivity index (χ2v) is 6.94. The van der Waals surface area contributed by atoms with Crippen molar-refractivity contribution in [3.05, 3.63) is 57.4 Å². The van der Waals surface area contributed by atoms with Crippen LogP contribution in [-0.2, 0) is 6.42 Å². The van der Waals surface area contributed by atoms with Gasteiger partial charge in [0.15, 0.2) is 5.13 Å². The number of fused-ring (bicyclic) bond motifs is 3. The molecule has 0 saturated heterocycles. The van der Waals surface area contributed by atoms with Crippen LogP contribution >= 0.6 is 46.9 Å². The molecule has 0 radical (unpaired) electrons. The molecule has 2 aromatic carbocycles. The highest BCUT2D eigenvalue weighted by atomic mass is 127. The molecule has 2 N–H and O–H groups in total. The minimum Gasteiger partial charge on any atom is -0.375 e. The number of rotatable bonds is 1. The highest BCUT2D eigenvalue weighted by Gasteiger charge is 2.23. The van der Waals surface area contributed by atoms with Gasteiger partial charge in [-0.1, -0.05) is 35.9 Å². The summed E-state index contributed by atoms with van der Waals surface area (Å²) in [5.41, 5.74) is 12.9. The van der Waals surface area contributed by atoms with Crippen LogP contribution in [0.25, 0.3) is 22.4 Å². The summed E-state index contributed by atoms with van der Waals surface area (Å²) in [6.45, 7) is 2.06. The fourth-order valence-corrected chi connectivity index (χ4v) is 4.09. The van der Waals surface area contributed by atoms with Crippen molar-refractivity contribution < 1.29 is 0 Å². The Hall–Kier alpha value is -1.11. The summed E-state index contributed by atoms with van der Waals surface area (Å²) in [7, 11) is 0. The first-order chi connectivity index (χ1) is 10.1. The zero-order valence-corrected chi connectivity index (χ0v) is 15.8. The second kappa shape index (κ2) is 5.83. The van der Waals surface area contributed by atoms with Crippen molar-refractivity contribution in [1.29, 1.82) is 0 Å². The maximum absolute atomic E-state index is 6.17. The number of aryl methyl sites for hydroxylation is 1. The standard InChI is InChI=1S/C17H13ClN2S.HI/c1-9-4-11(7-13(18)5-9)10-2-3-14-12(6-10)8-15-16(14)20-17(19)21-15;/h2-7H,8H2,1H3,(H2,19,20);1H. The zero-order chi connectivity index (χ0) is 14.6. The topological polar surface area (TPSA) is 38.9 Å². The van der Waals surface area contributed by atoms with Crippen LogP contribution in [0.5, 0.6) is 0 Å². The van der Waals surface area contributed by atoms with E-state index in [1.54, 1.807) is 11.3 Å². The third-order valence-electron chi connectivity index (χ3n) is 3.80. The van der Waals surface area contributed by atoms with E-state index in [-0.39, 0.29) is 24.0 Å². The summed E-state index contributed by atoms with van der Waals surface area (Å²) in [5.74, 6) is 0. The molecule has 1 aromatic heterocycles. The summed E-state index contributed by atoms with van der Waals surface area (Å²) >= 11 is 7.75. The van der Waals surface area contributed by atoms with Gasteiger partial charge in [0.2, 0.25) is 0 Å². The van der Waals surface area contributed by atoms with E-state index < -0.39 is 0 Å². The lowest BCUT2D eigenvalue weighted by Crippen LogP contribution is -1.87. The minimum atomic E-state index is 0. The Kier molecular flexibility index (Phi) is 4.18. The SMILES string of the molecule is Cc1cc(Cl)cc(-c2ccc3c(c2)Cc2sc(N)nc2-3)c1.I. The summed E-state index contributed by atoms with van der Waals surface area (Å²) in [4.78, 5) is 5.70. The molecular weight excluding hydrogens is 427 g/mol. The maximum Gasteiger partial charge on any atom is 0.180 e. The molecule has 0 atom stereocenters. The van der Waals surface area contributed by atoms with Crippen molar-refractivity contribution in [2.75, 3.05) is 5.73 Å². The molecule has 0 fully saturated rings. The number of nitrogen functional groups attached to an aromatic ring is 1. The first-order valence-corrected chi connectivity index (χ1v) is 7.95. The molecule has 0 aliphatic heterocycles. The number of hydrogen-bond donors (Lipinski definition) is 1. The number of benzene rings is 2. The molecule has 0 bridgehead atoms. The van der Waals surface area contributed by atoms with E-state index in [4.69, 9.17) is 17.3 Å². The molecule has 2 nitrogen and oxygen atoms in total. The average Bonchev–Trinajstić information content (AvgIpc) is 2.92. The van der Waals surface area contributed by atoms with Gasteiger partial charge in [0.05, 0.1) is 5.69 Å². The molecule has 5 heteroatoms. The smallest absolute Gasteiger partial charge is 0.180 e. The Bertz CT molecular complexity index is 853. The van der Waals surface area contributed by atoms with Gasteiger partial charge in [0, 0.05) is 21.9 Å². The number of halogens is 2. The van der Waals surface area contributed by atoms with Crippen LogP contribution in [0.4, 0.5) is 5.13 Å². The second-order valence-electron chi connectivity index (χ2n) is 5.39. The van der Waals surface area contributed by atoms with Crippen molar-refractivity contribution in [2.45, 2.75) is 13.3 Å². The van der Waals surface area contributed by atoms with Crippen LogP contribution in [0.3, 0.4) is 0 Å². The van der Waals surface area contributed by atoms with Crippen molar-refractivity contribution >= 4 is 52.0 Å². The Morgan fingerprint density at radius 1 is 1.14 bits per heavy atom. The number of thiazole rings is 1. The van der Waals surface area contributed by atoms with Crippen LogP contribution in [0.1, 0.15) is 16.0 Å². The van der Waals surface area contributed by atoms with E-state index in [1.165, 1.54) is 27.1 Å². The first-order valence-electron chi connectivity index (χ1n) is 6.76. The number of nitrogens with zero attached hydrogens (tertiary/aromatic N) is 1. The van der Waals surface area contributed by atoms with Crippen LogP contribution in [0.15, 0.2) is 36.4 Å². The summed E-state index contributed by atoms with van der Waals surface area (Å²) < 4.78 is 0. The van der Waals surface area contributed by atoms with Gasteiger partial charge in [0.1, 0.15) is 0 Å². The summed E-state index contributed by atoms with van der Waals surface area (Å²) in [5, 5.41) is 1.43. The Balaban J connectivity index is 0.00000144. The van der Waals surface area contributed by atoms with Gasteiger partial charge in [-0.25, -0.2) is 4.98 Å². The molecule has 0 amide bonds.